The van der Waals surface area contributed by atoms with Gasteiger partial charge in [0, 0.05) is 25.3 Å². The number of rotatable bonds is 2. The maximum Gasteiger partial charge on any atom is 0.269 e. The van der Waals surface area contributed by atoms with Crippen LogP contribution in [0.3, 0.4) is 0 Å². The first-order chi connectivity index (χ1) is 11.4. The average molecular weight is 460 g/mol. The van der Waals surface area contributed by atoms with Gasteiger partial charge in [-0.3, -0.25) is 10.1 Å². The van der Waals surface area contributed by atoms with Crippen molar-refractivity contribution in [2.45, 2.75) is 0 Å². The van der Waals surface area contributed by atoms with Crippen molar-refractivity contribution < 1.29 is 4.79 Å². The van der Waals surface area contributed by atoms with Gasteiger partial charge < -0.3 is 5.32 Å². The van der Waals surface area contributed by atoms with Crippen molar-refractivity contribution in [2.24, 2.45) is 0 Å². The lowest BCUT2D eigenvalue weighted by atomic mass is 10.2. The predicted molar refractivity (Wildman–Crippen MR) is 110 cm³/mol. The molecule has 0 spiro atoms. The Morgan fingerprint density at radius 2 is 1.83 bits per heavy atom. The van der Waals surface area contributed by atoms with Gasteiger partial charge in [0.25, 0.3) is 5.91 Å². The number of carbonyl (C=O) groups excluding carboxylic acids is 1. The van der Waals surface area contributed by atoms with Crippen molar-refractivity contribution >= 4 is 89.5 Å². The van der Waals surface area contributed by atoms with Crippen molar-refractivity contribution in [1.82, 2.24) is 5.32 Å². The Morgan fingerprint density at radius 3 is 2.54 bits per heavy atom. The van der Waals surface area contributed by atoms with Crippen LogP contribution in [-0.4, -0.2) is 11.0 Å². The van der Waals surface area contributed by atoms with Gasteiger partial charge in [0.05, 0.1) is 5.02 Å². The average Bonchev–Trinajstić information content (AvgIpc) is 2.86. The molecule has 0 saturated carbocycles. The third kappa shape index (κ3) is 3.90. The minimum absolute atomic E-state index is 0.203. The summed E-state index contributed by atoms with van der Waals surface area (Å²) >= 11 is 22.1. The molecular weight excluding hydrogens is 451 g/mol. The molecule has 122 valence electrons. The molecule has 1 amide bonds. The van der Waals surface area contributed by atoms with E-state index >= 15 is 0 Å². The number of benzene rings is 2. The Hall–Kier alpha value is -1.18. The molecule has 3 nitrogen and oxygen atoms in total. The quantitative estimate of drug-likeness (QED) is 0.455. The SMILES string of the molecule is O=C(NC(=S)Nc1ccc(Br)cc1)c1sc2cc(Cl)ccc2c1Cl. The summed E-state index contributed by atoms with van der Waals surface area (Å²) in [4.78, 5) is 12.8. The van der Waals surface area contributed by atoms with Crippen molar-refractivity contribution in [3.05, 3.63) is 61.9 Å². The number of amides is 1. The summed E-state index contributed by atoms with van der Waals surface area (Å²) < 4.78 is 1.81. The molecule has 2 aromatic carbocycles. The number of nitrogens with one attached hydrogen (secondary N) is 2. The van der Waals surface area contributed by atoms with Crippen LogP contribution in [0.25, 0.3) is 10.1 Å². The molecule has 0 saturated heterocycles. The van der Waals surface area contributed by atoms with Crippen LogP contribution in [0, 0.1) is 0 Å². The Bertz CT molecular complexity index is 941. The molecule has 0 aliphatic heterocycles. The molecule has 0 fully saturated rings. The summed E-state index contributed by atoms with van der Waals surface area (Å²) in [5, 5.41) is 7.58. The second-order valence-electron chi connectivity index (χ2n) is 4.80. The maximum atomic E-state index is 12.4. The van der Waals surface area contributed by atoms with Gasteiger partial charge in [-0.1, -0.05) is 45.2 Å². The van der Waals surface area contributed by atoms with Crippen LogP contribution in [0.5, 0.6) is 0 Å². The summed E-state index contributed by atoms with van der Waals surface area (Å²) in [5.41, 5.74) is 0.776. The van der Waals surface area contributed by atoms with Crippen LogP contribution >= 0.6 is 62.7 Å². The van der Waals surface area contributed by atoms with Gasteiger partial charge in [-0.05, 0) is 48.6 Å². The number of anilines is 1. The van der Waals surface area contributed by atoms with Gasteiger partial charge in [0.2, 0.25) is 0 Å². The molecule has 0 radical (unpaired) electrons. The van der Waals surface area contributed by atoms with Gasteiger partial charge >= 0.3 is 0 Å². The highest BCUT2D eigenvalue weighted by Gasteiger charge is 2.18. The topological polar surface area (TPSA) is 41.1 Å². The number of hydrogen-bond acceptors (Lipinski definition) is 3. The summed E-state index contributed by atoms with van der Waals surface area (Å²) in [5.74, 6) is -0.355. The lowest BCUT2D eigenvalue weighted by Gasteiger charge is -2.09. The molecule has 0 aliphatic carbocycles. The maximum absolute atomic E-state index is 12.4. The van der Waals surface area contributed by atoms with Gasteiger partial charge in [0.1, 0.15) is 4.88 Å². The van der Waals surface area contributed by atoms with Crippen LogP contribution in [0.4, 0.5) is 5.69 Å². The highest BCUT2D eigenvalue weighted by atomic mass is 79.9. The Balaban J connectivity index is 1.76. The largest absolute Gasteiger partial charge is 0.332 e. The smallest absolute Gasteiger partial charge is 0.269 e. The molecule has 2 N–H and O–H groups in total. The van der Waals surface area contributed by atoms with E-state index in [1.54, 1.807) is 18.2 Å². The summed E-state index contributed by atoms with van der Waals surface area (Å²) in [6, 6.07) is 12.8. The van der Waals surface area contributed by atoms with Gasteiger partial charge in [-0.15, -0.1) is 11.3 Å². The summed E-state index contributed by atoms with van der Waals surface area (Å²) in [7, 11) is 0. The van der Waals surface area contributed by atoms with Crippen molar-refractivity contribution in [2.75, 3.05) is 5.32 Å². The lowest BCUT2D eigenvalue weighted by Crippen LogP contribution is -2.33. The second-order valence-corrected chi connectivity index (χ2v) is 7.99. The molecule has 0 unspecified atom stereocenters. The first-order valence-corrected chi connectivity index (χ1v) is 9.47. The van der Waals surface area contributed by atoms with Crippen LogP contribution in [-0.2, 0) is 0 Å². The Labute approximate surface area is 166 Å². The van der Waals surface area contributed by atoms with Crippen molar-refractivity contribution in [3.63, 3.8) is 0 Å². The lowest BCUT2D eigenvalue weighted by molar-refractivity contribution is 0.0982. The number of halogens is 3. The zero-order valence-corrected chi connectivity index (χ0v) is 16.6. The highest BCUT2D eigenvalue weighted by molar-refractivity contribution is 9.10. The zero-order chi connectivity index (χ0) is 17.3. The molecule has 0 bridgehead atoms. The van der Waals surface area contributed by atoms with E-state index in [1.807, 2.05) is 24.3 Å². The molecule has 3 aromatic rings. The fraction of sp³-hybridized carbons (Fsp3) is 0. The molecule has 0 aliphatic rings. The molecule has 1 aromatic heterocycles. The number of thiophene rings is 1. The minimum Gasteiger partial charge on any atom is -0.332 e. The molecule has 0 atom stereocenters. The van der Waals surface area contributed by atoms with Crippen LogP contribution in [0.15, 0.2) is 46.9 Å². The highest BCUT2D eigenvalue weighted by Crippen LogP contribution is 2.36. The number of hydrogen-bond donors (Lipinski definition) is 2. The summed E-state index contributed by atoms with van der Waals surface area (Å²) in [6.07, 6.45) is 0. The van der Waals surface area contributed by atoms with Crippen LogP contribution < -0.4 is 10.6 Å². The van der Waals surface area contributed by atoms with Crippen LogP contribution in [0.2, 0.25) is 10.0 Å². The van der Waals surface area contributed by atoms with Gasteiger partial charge in [0.15, 0.2) is 5.11 Å². The number of fused-ring (bicyclic) bond motifs is 1. The molecule has 8 heteroatoms. The van der Waals surface area contributed by atoms with E-state index in [9.17, 15) is 4.79 Å². The van der Waals surface area contributed by atoms with E-state index < -0.39 is 0 Å². The normalized spacial score (nSPS) is 10.6. The predicted octanol–water partition coefficient (Wildman–Crippen LogP) is 6.10. The molecule has 3 rings (SSSR count). The van der Waals surface area contributed by atoms with E-state index in [-0.39, 0.29) is 11.0 Å². The van der Waals surface area contributed by atoms with E-state index in [1.165, 1.54) is 11.3 Å². The van der Waals surface area contributed by atoms with Crippen molar-refractivity contribution in [3.8, 4) is 0 Å². The molecule has 24 heavy (non-hydrogen) atoms. The Kier molecular flexibility index (Phi) is 5.42. The number of thiocarbonyl (C=S) groups is 1. The number of carbonyl (C=O) groups is 1. The van der Waals surface area contributed by atoms with Crippen molar-refractivity contribution in [1.29, 1.82) is 0 Å². The second kappa shape index (κ2) is 7.37. The zero-order valence-electron chi connectivity index (χ0n) is 11.9. The van der Waals surface area contributed by atoms with E-state index in [0.717, 1.165) is 20.2 Å². The monoisotopic (exact) mass is 458 g/mol. The molecular formula is C16H9BrCl2N2OS2. The third-order valence-electron chi connectivity index (χ3n) is 3.13. The standard InChI is InChI=1S/C16H9BrCl2N2OS2/c17-8-1-4-10(5-2-8)20-16(23)21-15(22)14-13(19)11-6-3-9(18)7-12(11)24-14/h1-7H,(H2,20,21,22,23). The third-order valence-corrected chi connectivity index (χ3v) is 5.75. The first-order valence-electron chi connectivity index (χ1n) is 6.69. The Morgan fingerprint density at radius 1 is 1.12 bits per heavy atom. The van der Waals surface area contributed by atoms with Gasteiger partial charge in [-0.2, -0.15) is 0 Å². The van der Waals surface area contributed by atoms with E-state index in [2.05, 4.69) is 26.6 Å². The van der Waals surface area contributed by atoms with Crippen LogP contribution in [0.1, 0.15) is 9.67 Å². The minimum atomic E-state index is -0.355. The summed E-state index contributed by atoms with van der Waals surface area (Å²) in [6.45, 7) is 0. The molecule has 1 heterocycles. The fourth-order valence-electron chi connectivity index (χ4n) is 2.04. The fourth-order valence-corrected chi connectivity index (χ4v) is 4.20. The van der Waals surface area contributed by atoms with E-state index in [4.69, 9.17) is 35.4 Å². The van der Waals surface area contributed by atoms with E-state index in [0.29, 0.717) is 14.9 Å². The first kappa shape index (κ1) is 17.6. The van der Waals surface area contributed by atoms with Gasteiger partial charge in [-0.25, -0.2) is 0 Å².